The van der Waals surface area contributed by atoms with Crippen molar-refractivity contribution in [2.24, 2.45) is 0 Å². The molecule has 0 radical (unpaired) electrons. The normalized spacial score (nSPS) is 40.5. The van der Waals surface area contributed by atoms with Gasteiger partial charge in [0.05, 0.1) is 6.61 Å². The molecule has 0 spiro atoms. The van der Waals surface area contributed by atoms with Crippen LogP contribution in [-0.2, 0) is 13.6 Å². The van der Waals surface area contributed by atoms with Gasteiger partial charge in [-0.1, -0.05) is 0 Å². The minimum Gasteiger partial charge on any atom is -0.347 e. The topological polar surface area (TPSA) is 34.2 Å². The highest BCUT2D eigenvalue weighted by Crippen LogP contribution is 2.53. The third-order valence-electron chi connectivity index (χ3n) is 4.59. The molecule has 4 atom stereocenters. The number of nitrogens with zero attached hydrogens (tertiary/aromatic N) is 2. The van der Waals surface area contributed by atoms with E-state index in [1.54, 1.807) is 7.11 Å². The van der Waals surface area contributed by atoms with E-state index in [1.165, 1.54) is 51.4 Å². The lowest BCUT2D eigenvalue weighted by molar-refractivity contribution is 0.305. The standard InChI is InChI=1S/C7H14NOP.C6H12NO2P/c1-9-10-6-4-7-3-2-5-8(7)10;1-8-10-7-4-2-3-6(7)5-9-10/h7H,2-6H2,1H3;6H,2-5H2,1H3/t7-,10?;6-,10?/m01/s1. The van der Waals surface area contributed by atoms with Crippen molar-refractivity contribution in [2.75, 3.05) is 40.1 Å². The summed E-state index contributed by atoms with van der Waals surface area (Å²) in [5, 5.41) is 0. The molecule has 4 rings (SSSR count). The second-order valence-electron chi connectivity index (χ2n) is 5.68. The zero-order valence-corrected chi connectivity index (χ0v) is 14.3. The molecular formula is C13H26N2O3P2. The quantitative estimate of drug-likeness (QED) is 0.730. The minimum absolute atomic E-state index is 0.150. The molecule has 2 unspecified atom stereocenters. The van der Waals surface area contributed by atoms with Crippen LogP contribution in [0.2, 0.25) is 0 Å². The molecule has 5 nitrogen and oxygen atoms in total. The zero-order valence-electron chi connectivity index (χ0n) is 12.5. The van der Waals surface area contributed by atoms with Crippen molar-refractivity contribution < 1.29 is 13.6 Å². The van der Waals surface area contributed by atoms with E-state index in [4.69, 9.17) is 13.6 Å². The van der Waals surface area contributed by atoms with Crippen LogP contribution < -0.4 is 0 Å². The molecule has 7 heteroatoms. The molecule has 20 heavy (non-hydrogen) atoms. The van der Waals surface area contributed by atoms with Gasteiger partial charge in [-0.15, -0.1) is 0 Å². The smallest absolute Gasteiger partial charge is 0.258 e. The van der Waals surface area contributed by atoms with Gasteiger partial charge in [-0.3, -0.25) is 4.67 Å². The lowest BCUT2D eigenvalue weighted by Gasteiger charge is -2.20. The average Bonchev–Trinajstić information content (AvgIpc) is 3.19. The third-order valence-corrected chi connectivity index (χ3v) is 8.38. The van der Waals surface area contributed by atoms with E-state index < -0.39 is 8.53 Å². The van der Waals surface area contributed by atoms with Crippen molar-refractivity contribution >= 4 is 16.8 Å². The first kappa shape index (κ1) is 15.6. The summed E-state index contributed by atoms with van der Waals surface area (Å²) in [7, 11) is 2.78. The van der Waals surface area contributed by atoms with E-state index in [2.05, 4.69) is 9.34 Å². The predicted molar refractivity (Wildman–Crippen MR) is 82.8 cm³/mol. The summed E-state index contributed by atoms with van der Waals surface area (Å²) in [5.74, 6) is 0. The van der Waals surface area contributed by atoms with Crippen LogP contribution in [0.25, 0.3) is 0 Å². The van der Waals surface area contributed by atoms with Crippen LogP contribution in [0, 0.1) is 0 Å². The van der Waals surface area contributed by atoms with Crippen LogP contribution in [0.1, 0.15) is 32.1 Å². The van der Waals surface area contributed by atoms with E-state index in [1.807, 2.05) is 7.11 Å². The lowest BCUT2D eigenvalue weighted by atomic mass is 10.2. The van der Waals surface area contributed by atoms with Gasteiger partial charge in [-0.2, -0.15) is 0 Å². The van der Waals surface area contributed by atoms with Crippen molar-refractivity contribution in [1.82, 2.24) is 9.34 Å². The Balaban J connectivity index is 0.000000121. The van der Waals surface area contributed by atoms with E-state index in [0.29, 0.717) is 6.04 Å². The van der Waals surface area contributed by atoms with Crippen molar-refractivity contribution in [3.8, 4) is 0 Å². The average molecular weight is 320 g/mol. The minimum atomic E-state index is -0.650. The Morgan fingerprint density at radius 1 is 0.950 bits per heavy atom. The summed E-state index contributed by atoms with van der Waals surface area (Å²) < 4.78 is 21.0. The van der Waals surface area contributed by atoms with Crippen LogP contribution in [0.4, 0.5) is 0 Å². The Kier molecular flexibility index (Phi) is 5.66. The van der Waals surface area contributed by atoms with Crippen molar-refractivity contribution in [3.63, 3.8) is 0 Å². The van der Waals surface area contributed by atoms with Crippen LogP contribution >= 0.6 is 16.8 Å². The summed E-state index contributed by atoms with van der Waals surface area (Å²) in [6.45, 7) is 3.36. The van der Waals surface area contributed by atoms with Gasteiger partial charge in [0, 0.05) is 45.6 Å². The Labute approximate surface area is 124 Å². The van der Waals surface area contributed by atoms with Gasteiger partial charge in [-0.05, 0) is 32.1 Å². The first-order chi connectivity index (χ1) is 9.83. The maximum atomic E-state index is 5.44. The molecule has 0 aromatic rings. The molecule has 4 aliphatic rings. The fourth-order valence-corrected chi connectivity index (χ4v) is 7.22. The molecular weight excluding hydrogens is 294 g/mol. The summed E-state index contributed by atoms with van der Waals surface area (Å²) in [5.41, 5.74) is 0. The fraction of sp³-hybridized carbons (Fsp3) is 1.00. The molecule has 4 saturated heterocycles. The number of rotatable bonds is 2. The van der Waals surface area contributed by atoms with E-state index in [9.17, 15) is 0 Å². The van der Waals surface area contributed by atoms with Crippen LogP contribution in [0.15, 0.2) is 0 Å². The van der Waals surface area contributed by atoms with Gasteiger partial charge in [0.25, 0.3) is 8.53 Å². The fourth-order valence-electron chi connectivity index (χ4n) is 3.58. The van der Waals surface area contributed by atoms with E-state index in [-0.39, 0.29) is 8.30 Å². The molecule has 0 aromatic heterocycles. The zero-order chi connectivity index (χ0) is 13.9. The summed E-state index contributed by atoms with van der Waals surface area (Å²) in [4.78, 5) is 0. The van der Waals surface area contributed by atoms with Gasteiger partial charge in [0.15, 0.2) is 0 Å². The summed E-state index contributed by atoms with van der Waals surface area (Å²) >= 11 is 0. The third kappa shape index (κ3) is 3.20. The Hall–Kier alpha value is 0.660. The molecule has 0 saturated carbocycles. The van der Waals surface area contributed by atoms with Gasteiger partial charge >= 0.3 is 0 Å². The van der Waals surface area contributed by atoms with Crippen LogP contribution in [0.5, 0.6) is 0 Å². The van der Waals surface area contributed by atoms with Crippen LogP contribution in [-0.4, -0.2) is 61.5 Å². The maximum absolute atomic E-state index is 5.44. The molecule has 4 fully saturated rings. The van der Waals surface area contributed by atoms with E-state index in [0.717, 1.165) is 12.6 Å². The Bertz CT molecular complexity index is 294. The SMILES string of the molecule is COP1CC[C@@H]2CCCN21.COP1OC[C@H]2CCCN21. The van der Waals surface area contributed by atoms with Gasteiger partial charge in [-0.25, -0.2) is 4.67 Å². The van der Waals surface area contributed by atoms with Gasteiger partial charge < -0.3 is 13.6 Å². The first-order valence-corrected chi connectivity index (χ1v) is 10.2. The number of hydrogen-bond donors (Lipinski definition) is 0. The molecule has 0 amide bonds. The number of hydrogen-bond acceptors (Lipinski definition) is 5. The highest BCUT2D eigenvalue weighted by atomic mass is 31.2. The maximum Gasteiger partial charge on any atom is 0.258 e. The highest BCUT2D eigenvalue weighted by molar-refractivity contribution is 7.50. The molecule has 4 aliphatic heterocycles. The predicted octanol–water partition coefficient (Wildman–Crippen LogP) is 3.17. The molecule has 4 heterocycles. The molecule has 116 valence electrons. The highest BCUT2D eigenvalue weighted by Gasteiger charge is 2.39. The molecule has 0 N–H and O–H groups in total. The number of fused-ring (bicyclic) bond motifs is 2. The molecule has 0 aromatic carbocycles. The van der Waals surface area contributed by atoms with Gasteiger partial charge in [0.1, 0.15) is 8.30 Å². The molecule has 0 bridgehead atoms. The lowest BCUT2D eigenvalue weighted by Crippen LogP contribution is -2.19. The van der Waals surface area contributed by atoms with E-state index >= 15 is 0 Å². The monoisotopic (exact) mass is 320 g/mol. The van der Waals surface area contributed by atoms with Crippen molar-refractivity contribution in [3.05, 3.63) is 0 Å². The van der Waals surface area contributed by atoms with Crippen molar-refractivity contribution in [1.29, 1.82) is 0 Å². The summed E-state index contributed by atoms with van der Waals surface area (Å²) in [6, 6.07) is 1.57. The van der Waals surface area contributed by atoms with Crippen molar-refractivity contribution in [2.45, 2.75) is 44.2 Å². The Morgan fingerprint density at radius 2 is 1.70 bits per heavy atom. The second kappa shape index (κ2) is 7.28. The Morgan fingerprint density at radius 3 is 2.45 bits per heavy atom. The van der Waals surface area contributed by atoms with Gasteiger partial charge in [0.2, 0.25) is 0 Å². The molecule has 0 aliphatic carbocycles. The largest absolute Gasteiger partial charge is 0.347 e. The first-order valence-electron chi connectivity index (χ1n) is 7.65. The summed E-state index contributed by atoms with van der Waals surface area (Å²) in [6.07, 6.45) is 8.13. The van der Waals surface area contributed by atoms with Crippen LogP contribution in [0.3, 0.4) is 0 Å². The second-order valence-corrected chi connectivity index (χ2v) is 9.32.